The van der Waals surface area contributed by atoms with Crippen LogP contribution in [0.2, 0.25) is 0 Å². The zero-order valence-electron chi connectivity index (χ0n) is 16.2. The average Bonchev–Trinajstić information content (AvgIpc) is 2.71. The van der Waals surface area contributed by atoms with Crippen LogP contribution in [0.5, 0.6) is 5.75 Å². The number of benzene rings is 3. The second-order valence-corrected chi connectivity index (χ2v) is 6.79. The summed E-state index contributed by atoms with van der Waals surface area (Å²) < 4.78 is 111. The van der Waals surface area contributed by atoms with Crippen molar-refractivity contribution in [3.05, 3.63) is 76.9 Å². The molecule has 0 saturated carbocycles. The summed E-state index contributed by atoms with van der Waals surface area (Å²) in [5.41, 5.74) is -0.901. The Kier molecular flexibility index (Phi) is 6.63. The molecule has 3 aromatic rings. The minimum atomic E-state index is -4.94. The van der Waals surface area contributed by atoms with Gasteiger partial charge in [0.1, 0.15) is 17.4 Å². The molecule has 9 heteroatoms. The van der Waals surface area contributed by atoms with Crippen molar-refractivity contribution in [1.29, 1.82) is 0 Å². The Morgan fingerprint density at radius 1 is 0.875 bits per heavy atom. The average molecular weight is 458 g/mol. The summed E-state index contributed by atoms with van der Waals surface area (Å²) >= 11 is 0. The molecule has 0 atom stereocenters. The van der Waals surface area contributed by atoms with Gasteiger partial charge in [-0.2, -0.15) is 22.0 Å². The van der Waals surface area contributed by atoms with Crippen molar-refractivity contribution in [3.8, 4) is 17.6 Å². The summed E-state index contributed by atoms with van der Waals surface area (Å²) in [7, 11) is 0. The molecule has 0 saturated heterocycles. The molecule has 0 aromatic heterocycles. The Labute approximate surface area is 177 Å². The molecule has 0 amide bonds. The van der Waals surface area contributed by atoms with Crippen molar-refractivity contribution in [2.45, 2.75) is 25.1 Å². The number of ether oxygens (including phenoxy) is 1. The highest BCUT2D eigenvalue weighted by Crippen LogP contribution is 2.34. The fourth-order valence-corrected chi connectivity index (χ4v) is 2.96. The molecule has 0 aliphatic heterocycles. The minimum Gasteiger partial charge on any atom is -0.429 e. The maximum absolute atomic E-state index is 14.5. The van der Waals surface area contributed by atoms with E-state index in [9.17, 15) is 35.1 Å². The maximum atomic E-state index is 14.5. The van der Waals surface area contributed by atoms with E-state index in [1.165, 1.54) is 18.1 Å². The highest BCUT2D eigenvalue weighted by molar-refractivity contribution is 5.86. The van der Waals surface area contributed by atoms with Gasteiger partial charge in [0.15, 0.2) is 0 Å². The quantitative estimate of drug-likeness (QED) is 0.284. The number of hydrogen-bond donors (Lipinski definition) is 0. The zero-order valence-corrected chi connectivity index (χ0v) is 16.2. The lowest BCUT2D eigenvalue weighted by molar-refractivity contribution is -0.185. The maximum Gasteiger partial charge on any atom is 0.458 e. The summed E-state index contributed by atoms with van der Waals surface area (Å²) in [6, 6.07) is 8.66. The Bertz CT molecular complexity index is 1170. The Morgan fingerprint density at radius 3 is 2.19 bits per heavy atom. The van der Waals surface area contributed by atoms with Crippen LogP contribution in [-0.4, -0.2) is 12.9 Å². The summed E-state index contributed by atoms with van der Waals surface area (Å²) in [5, 5.41) is -0.516. The van der Waals surface area contributed by atoms with E-state index in [0.717, 1.165) is 36.3 Å². The van der Waals surface area contributed by atoms with Crippen LogP contribution in [0.1, 0.15) is 23.1 Å². The van der Waals surface area contributed by atoms with Crippen LogP contribution in [0.3, 0.4) is 0 Å². The van der Waals surface area contributed by atoms with Gasteiger partial charge in [0.2, 0.25) is 0 Å². The number of hydrogen-bond acceptors (Lipinski definition) is 1. The molecule has 3 aromatic carbocycles. The molecule has 0 radical (unpaired) electrons. The van der Waals surface area contributed by atoms with Crippen LogP contribution < -0.4 is 4.74 Å². The van der Waals surface area contributed by atoms with E-state index in [2.05, 4.69) is 0 Å². The van der Waals surface area contributed by atoms with Crippen molar-refractivity contribution in [1.82, 2.24) is 0 Å². The van der Waals surface area contributed by atoms with Gasteiger partial charge in [-0.1, -0.05) is 18.1 Å². The highest BCUT2D eigenvalue weighted by Gasteiger charge is 2.34. The van der Waals surface area contributed by atoms with Gasteiger partial charge >= 0.3 is 12.3 Å². The first kappa shape index (κ1) is 23.4. The molecule has 0 aliphatic carbocycles. The molecular weight excluding hydrogens is 444 g/mol. The van der Waals surface area contributed by atoms with E-state index >= 15 is 0 Å². The third-order valence-corrected chi connectivity index (χ3v) is 4.46. The van der Waals surface area contributed by atoms with Gasteiger partial charge in [-0.05, 0) is 60.2 Å². The lowest BCUT2D eigenvalue weighted by Crippen LogP contribution is -2.21. The van der Waals surface area contributed by atoms with Gasteiger partial charge in [-0.15, -0.1) is 0 Å². The Balaban J connectivity index is 1.88. The van der Waals surface area contributed by atoms with Crippen LogP contribution in [0.15, 0.2) is 48.5 Å². The van der Waals surface area contributed by atoms with Crippen molar-refractivity contribution in [3.63, 3.8) is 0 Å². The standard InChI is InChI=1S/C23H14F8O/c24-11-1-2-14-3-5-16(6-4-14)23(30,31)32-17-7-8-18-15(12-17)13-20(25)19(21(18)26)9-10-22(27,28)29/h3-8,12-13H,1-2,11H2. The number of rotatable bonds is 6. The van der Waals surface area contributed by atoms with E-state index in [4.69, 9.17) is 4.74 Å². The number of halogens is 8. The minimum absolute atomic E-state index is 0.201. The predicted octanol–water partition coefficient (Wildman–Crippen LogP) is 7.06. The van der Waals surface area contributed by atoms with Gasteiger partial charge in [-0.3, -0.25) is 4.39 Å². The smallest absolute Gasteiger partial charge is 0.429 e. The molecule has 0 unspecified atom stereocenters. The summed E-state index contributed by atoms with van der Waals surface area (Å²) in [6.45, 7) is -0.527. The largest absolute Gasteiger partial charge is 0.458 e. The topological polar surface area (TPSA) is 9.23 Å². The lowest BCUT2D eigenvalue weighted by Gasteiger charge is -2.19. The Morgan fingerprint density at radius 2 is 1.56 bits per heavy atom. The van der Waals surface area contributed by atoms with Crippen LogP contribution in [0, 0.1) is 23.5 Å². The fraction of sp³-hybridized carbons (Fsp3) is 0.217. The van der Waals surface area contributed by atoms with Gasteiger partial charge in [0, 0.05) is 11.3 Å². The molecule has 0 N–H and O–H groups in total. The molecule has 0 spiro atoms. The van der Waals surface area contributed by atoms with Crippen LogP contribution >= 0.6 is 0 Å². The lowest BCUT2D eigenvalue weighted by atomic mass is 10.0. The number of alkyl halides is 6. The van der Waals surface area contributed by atoms with Crippen LogP contribution in [0.4, 0.5) is 35.1 Å². The predicted molar refractivity (Wildman–Crippen MR) is 102 cm³/mol. The normalized spacial score (nSPS) is 11.9. The van der Waals surface area contributed by atoms with Gasteiger partial charge in [0.25, 0.3) is 0 Å². The molecular formula is C23H14F8O. The summed E-state index contributed by atoms with van der Waals surface area (Å²) in [4.78, 5) is 0. The van der Waals surface area contributed by atoms with Gasteiger partial charge < -0.3 is 4.74 Å². The van der Waals surface area contributed by atoms with Gasteiger partial charge in [0.05, 0.1) is 17.8 Å². The van der Waals surface area contributed by atoms with Crippen molar-refractivity contribution >= 4 is 10.8 Å². The SMILES string of the molecule is FCCCc1ccc(C(F)(F)Oc2ccc3c(F)c(C#CC(F)(F)F)c(F)cc3c2)cc1. The van der Waals surface area contributed by atoms with Crippen molar-refractivity contribution < 1.29 is 39.9 Å². The molecule has 0 fully saturated rings. The van der Waals surface area contributed by atoms with Crippen molar-refractivity contribution in [2.24, 2.45) is 0 Å². The monoisotopic (exact) mass is 458 g/mol. The first-order valence-electron chi connectivity index (χ1n) is 9.24. The van der Waals surface area contributed by atoms with E-state index in [-0.39, 0.29) is 17.2 Å². The van der Waals surface area contributed by atoms with E-state index in [1.807, 2.05) is 0 Å². The molecule has 0 bridgehead atoms. The van der Waals surface area contributed by atoms with Crippen LogP contribution in [-0.2, 0) is 12.5 Å². The molecule has 32 heavy (non-hydrogen) atoms. The number of aryl methyl sites for hydroxylation is 1. The van der Waals surface area contributed by atoms with E-state index < -0.39 is 47.5 Å². The second-order valence-electron chi connectivity index (χ2n) is 6.79. The first-order chi connectivity index (χ1) is 15.0. The van der Waals surface area contributed by atoms with Gasteiger partial charge in [-0.25, -0.2) is 8.78 Å². The van der Waals surface area contributed by atoms with Crippen LogP contribution in [0.25, 0.3) is 10.8 Å². The zero-order chi connectivity index (χ0) is 23.5. The molecule has 3 rings (SSSR count). The first-order valence-corrected chi connectivity index (χ1v) is 9.24. The third-order valence-electron chi connectivity index (χ3n) is 4.46. The third kappa shape index (κ3) is 5.49. The fourth-order valence-electron chi connectivity index (χ4n) is 2.96. The summed E-state index contributed by atoms with van der Waals surface area (Å²) in [5.74, 6) is -0.948. The highest BCUT2D eigenvalue weighted by atomic mass is 19.4. The second kappa shape index (κ2) is 9.07. The molecule has 0 heterocycles. The van der Waals surface area contributed by atoms with E-state index in [1.54, 1.807) is 0 Å². The Hall–Kier alpha value is -3.28. The van der Waals surface area contributed by atoms with E-state index in [0.29, 0.717) is 18.1 Å². The van der Waals surface area contributed by atoms with Crippen molar-refractivity contribution in [2.75, 3.05) is 6.67 Å². The molecule has 168 valence electrons. The molecule has 0 aliphatic rings. The summed E-state index contributed by atoms with van der Waals surface area (Å²) in [6.07, 6.45) is -8.08. The number of fused-ring (bicyclic) bond motifs is 1. The molecule has 1 nitrogen and oxygen atoms in total.